The molecule has 0 radical (unpaired) electrons. The van der Waals surface area contributed by atoms with E-state index in [4.69, 9.17) is 4.74 Å². The van der Waals surface area contributed by atoms with Gasteiger partial charge in [0, 0.05) is 23.8 Å². The van der Waals surface area contributed by atoms with E-state index in [1.165, 1.54) is 6.92 Å². The molecule has 0 fully saturated rings. The van der Waals surface area contributed by atoms with Gasteiger partial charge in [0.25, 0.3) is 0 Å². The summed E-state index contributed by atoms with van der Waals surface area (Å²) in [7, 11) is 0. The van der Waals surface area contributed by atoms with Crippen molar-refractivity contribution in [2.45, 2.75) is 114 Å². The van der Waals surface area contributed by atoms with Crippen molar-refractivity contribution in [1.29, 1.82) is 0 Å². The molecule has 0 amide bonds. The van der Waals surface area contributed by atoms with Crippen LogP contribution in [0.15, 0.2) is 42.5 Å². The number of hydrogen-bond donors (Lipinski definition) is 3. The van der Waals surface area contributed by atoms with E-state index in [1.807, 2.05) is 18.2 Å². The number of carboxylic acid groups (broad SMARTS) is 1. The van der Waals surface area contributed by atoms with Crippen LogP contribution in [0, 0.1) is 5.41 Å². The molecular formula is C33H43F5O5. The van der Waals surface area contributed by atoms with Crippen molar-refractivity contribution in [3.63, 3.8) is 0 Å². The van der Waals surface area contributed by atoms with Gasteiger partial charge in [0.1, 0.15) is 17.2 Å². The Morgan fingerprint density at radius 1 is 0.837 bits per heavy atom. The van der Waals surface area contributed by atoms with E-state index in [2.05, 4.69) is 6.92 Å². The summed E-state index contributed by atoms with van der Waals surface area (Å²) in [5.41, 5.74) is 0.609. The highest BCUT2D eigenvalue weighted by molar-refractivity contribution is 5.74. The average Bonchev–Trinajstić information content (AvgIpc) is 2.93. The molecule has 2 aromatic carbocycles. The van der Waals surface area contributed by atoms with Crippen LogP contribution in [0.3, 0.4) is 0 Å². The fraction of sp³-hybridized carbons (Fsp3) is 0.606. The highest BCUT2D eigenvalue weighted by atomic mass is 19.4. The van der Waals surface area contributed by atoms with Gasteiger partial charge in [-0.3, -0.25) is 4.79 Å². The average molecular weight is 615 g/mol. The number of benzene rings is 2. The molecule has 1 aliphatic heterocycles. The Hall–Kier alpha value is -3.04. The monoisotopic (exact) mass is 614 g/mol. The van der Waals surface area contributed by atoms with Crippen LogP contribution in [0.25, 0.3) is 0 Å². The molecule has 0 saturated carbocycles. The molecule has 2 aromatic rings. The van der Waals surface area contributed by atoms with Gasteiger partial charge in [-0.2, -0.15) is 22.0 Å². The van der Waals surface area contributed by atoms with Gasteiger partial charge in [0.15, 0.2) is 0 Å². The molecule has 0 spiro atoms. The number of rotatable bonds is 16. The number of alkyl halides is 5. The van der Waals surface area contributed by atoms with Crippen molar-refractivity contribution < 1.29 is 46.8 Å². The van der Waals surface area contributed by atoms with E-state index in [0.717, 1.165) is 49.7 Å². The molecule has 43 heavy (non-hydrogen) atoms. The van der Waals surface area contributed by atoms with Crippen molar-refractivity contribution in [1.82, 2.24) is 0 Å². The van der Waals surface area contributed by atoms with Crippen LogP contribution in [0.5, 0.6) is 17.2 Å². The number of fused-ring (bicyclic) bond motifs is 1. The van der Waals surface area contributed by atoms with Crippen molar-refractivity contribution in [3.8, 4) is 17.2 Å². The second-order valence-corrected chi connectivity index (χ2v) is 12.5. The lowest BCUT2D eigenvalue weighted by molar-refractivity contribution is -0.284. The second-order valence-electron chi connectivity index (χ2n) is 12.5. The minimum absolute atomic E-state index is 0.00745. The van der Waals surface area contributed by atoms with Gasteiger partial charge in [0.05, 0.1) is 12.0 Å². The van der Waals surface area contributed by atoms with Crippen LogP contribution in [-0.2, 0) is 10.2 Å². The molecular weight excluding hydrogens is 571 g/mol. The Morgan fingerprint density at radius 3 is 1.98 bits per heavy atom. The first-order valence-corrected chi connectivity index (χ1v) is 15.0. The Bertz CT molecular complexity index is 1200. The fourth-order valence-corrected chi connectivity index (χ4v) is 6.12. The molecule has 0 saturated heterocycles. The first-order chi connectivity index (χ1) is 20.1. The van der Waals surface area contributed by atoms with E-state index >= 15 is 0 Å². The Labute approximate surface area is 250 Å². The predicted octanol–water partition coefficient (Wildman–Crippen LogP) is 9.50. The van der Waals surface area contributed by atoms with Gasteiger partial charge in [-0.05, 0) is 61.9 Å². The maximum atomic E-state index is 13.1. The zero-order chi connectivity index (χ0) is 31.9. The van der Waals surface area contributed by atoms with Crippen LogP contribution >= 0.6 is 0 Å². The topological polar surface area (TPSA) is 87.0 Å². The van der Waals surface area contributed by atoms with Gasteiger partial charge in [-0.15, -0.1) is 0 Å². The minimum Gasteiger partial charge on any atom is -0.508 e. The summed E-state index contributed by atoms with van der Waals surface area (Å²) < 4.78 is 69.4. The lowest BCUT2D eigenvalue weighted by atomic mass is 9.66. The largest absolute Gasteiger partial charge is 0.508 e. The first-order valence-electron chi connectivity index (χ1n) is 15.0. The molecule has 0 aromatic heterocycles. The number of aliphatic carboxylic acids is 1. The maximum absolute atomic E-state index is 13.1. The quantitative estimate of drug-likeness (QED) is 0.130. The number of carboxylic acids is 1. The number of unbranched alkanes of at least 4 members (excludes halogenated alkanes) is 6. The number of hydrogen-bond acceptors (Lipinski definition) is 4. The van der Waals surface area contributed by atoms with Crippen molar-refractivity contribution >= 4 is 5.97 Å². The van der Waals surface area contributed by atoms with E-state index in [9.17, 15) is 42.1 Å². The zero-order valence-corrected chi connectivity index (χ0v) is 24.9. The number of ether oxygens (including phenoxy) is 1. The molecule has 10 heteroatoms. The molecule has 3 N–H and O–H groups in total. The smallest absolute Gasteiger partial charge is 0.453 e. The Balaban J connectivity index is 1.46. The summed E-state index contributed by atoms with van der Waals surface area (Å²) in [6.07, 6.45) is -0.800. The summed E-state index contributed by atoms with van der Waals surface area (Å²) in [4.78, 5) is 11.8. The number of phenolic OH excluding ortho intramolecular Hbond substituents is 2. The summed E-state index contributed by atoms with van der Waals surface area (Å²) in [6, 6.07) is 12.4. The van der Waals surface area contributed by atoms with Gasteiger partial charge < -0.3 is 20.1 Å². The molecule has 1 heterocycles. The predicted molar refractivity (Wildman–Crippen MR) is 154 cm³/mol. The third kappa shape index (κ3) is 8.76. The first kappa shape index (κ1) is 34.5. The standard InChI is InChI=1S/C33H43F5O5/c1-30(29(41)42,19-9-10-20-32(34,35)33(36,37)38)18-8-6-4-3-5-7-11-27-26-17-16-25(40)21-28(26)43-22-31(27,2)23-12-14-24(39)15-13-23/h12-17,21,27,39-40H,3-11,18-20,22H2,1-2H3,(H,41,42). The maximum Gasteiger partial charge on any atom is 0.453 e. The third-order valence-electron chi connectivity index (χ3n) is 9.07. The summed E-state index contributed by atoms with van der Waals surface area (Å²) in [6.45, 7) is 4.13. The second kappa shape index (κ2) is 14.2. The molecule has 1 aliphatic rings. The van der Waals surface area contributed by atoms with Gasteiger partial charge in [0.2, 0.25) is 0 Å². The molecule has 3 unspecified atom stereocenters. The van der Waals surface area contributed by atoms with Crippen LogP contribution in [-0.4, -0.2) is 40.0 Å². The third-order valence-corrected chi connectivity index (χ3v) is 9.07. The summed E-state index contributed by atoms with van der Waals surface area (Å²) >= 11 is 0. The number of halogens is 5. The number of phenols is 2. The van der Waals surface area contributed by atoms with Gasteiger partial charge in [-0.1, -0.05) is 70.1 Å². The highest BCUT2D eigenvalue weighted by Gasteiger charge is 2.56. The molecule has 0 bridgehead atoms. The van der Waals surface area contributed by atoms with Crippen LogP contribution in [0.2, 0.25) is 0 Å². The molecule has 3 atom stereocenters. The van der Waals surface area contributed by atoms with E-state index in [0.29, 0.717) is 25.2 Å². The van der Waals surface area contributed by atoms with Gasteiger partial charge in [-0.25, -0.2) is 0 Å². The van der Waals surface area contributed by atoms with Crippen molar-refractivity contribution in [2.24, 2.45) is 5.41 Å². The lowest BCUT2D eigenvalue weighted by Gasteiger charge is -2.43. The van der Waals surface area contributed by atoms with E-state index < -0.39 is 29.9 Å². The van der Waals surface area contributed by atoms with Crippen molar-refractivity contribution in [3.05, 3.63) is 53.6 Å². The van der Waals surface area contributed by atoms with Gasteiger partial charge >= 0.3 is 18.1 Å². The lowest BCUT2D eigenvalue weighted by Crippen LogP contribution is -2.40. The normalized spacial score (nSPS) is 20.2. The fourth-order valence-electron chi connectivity index (χ4n) is 6.12. The van der Waals surface area contributed by atoms with E-state index in [-0.39, 0.29) is 42.1 Å². The molecule has 5 nitrogen and oxygen atoms in total. The molecule has 240 valence electrons. The Morgan fingerprint density at radius 2 is 1.37 bits per heavy atom. The SMILES string of the molecule is CC(CCCCCCCCC1c2ccc(O)cc2OCC1(C)c1ccc(O)cc1)(CCCCC(F)(F)C(F)(F)F)C(=O)O. The summed E-state index contributed by atoms with van der Waals surface area (Å²) in [5.74, 6) is -4.66. The highest BCUT2D eigenvalue weighted by Crippen LogP contribution is 2.50. The number of carbonyl (C=O) groups is 1. The summed E-state index contributed by atoms with van der Waals surface area (Å²) in [5, 5.41) is 29.4. The van der Waals surface area contributed by atoms with Crippen LogP contribution in [0.4, 0.5) is 22.0 Å². The molecule has 3 rings (SSSR count). The minimum atomic E-state index is -5.59. The van der Waals surface area contributed by atoms with E-state index in [1.54, 1.807) is 24.3 Å². The zero-order valence-electron chi connectivity index (χ0n) is 24.9. The van der Waals surface area contributed by atoms with Crippen molar-refractivity contribution in [2.75, 3.05) is 6.61 Å². The number of aromatic hydroxyl groups is 2. The Kier molecular flexibility index (Phi) is 11.3. The molecule has 0 aliphatic carbocycles. The van der Waals surface area contributed by atoms with Crippen LogP contribution in [0.1, 0.15) is 108 Å². The van der Waals surface area contributed by atoms with Crippen LogP contribution < -0.4 is 4.74 Å².